The minimum Gasteiger partial charge on any atom is -0.461 e. The van der Waals surface area contributed by atoms with Gasteiger partial charge in [-0.3, -0.25) is 9.59 Å². The van der Waals surface area contributed by atoms with Crippen LogP contribution in [0.1, 0.15) is 117 Å². The van der Waals surface area contributed by atoms with Crippen LogP contribution in [0.5, 0.6) is 0 Å². The van der Waals surface area contributed by atoms with E-state index in [4.69, 9.17) is 9.47 Å². The fourth-order valence-corrected chi connectivity index (χ4v) is 3.55. The van der Waals surface area contributed by atoms with Crippen LogP contribution in [0.2, 0.25) is 0 Å². The minimum absolute atomic E-state index is 0.169. The van der Waals surface area contributed by atoms with Crippen molar-refractivity contribution in [1.29, 1.82) is 0 Å². The van der Waals surface area contributed by atoms with E-state index in [1.807, 2.05) is 14.1 Å². The summed E-state index contributed by atoms with van der Waals surface area (Å²) in [5.41, 5.74) is 0. The lowest BCUT2D eigenvalue weighted by atomic mass is 10.1. The van der Waals surface area contributed by atoms with Crippen molar-refractivity contribution in [2.45, 2.75) is 123 Å². The van der Waals surface area contributed by atoms with Gasteiger partial charge < -0.3 is 14.4 Å². The Balaban J connectivity index is 3.94. The van der Waals surface area contributed by atoms with Crippen LogP contribution in [0.15, 0.2) is 0 Å². The van der Waals surface area contributed by atoms with Crippen molar-refractivity contribution < 1.29 is 24.0 Å². The predicted molar refractivity (Wildman–Crippen MR) is 124 cm³/mol. The van der Waals surface area contributed by atoms with Gasteiger partial charge in [0.2, 0.25) is 0 Å². The zero-order chi connectivity index (χ0) is 22.5. The molecule has 30 heavy (non-hydrogen) atoms. The summed E-state index contributed by atoms with van der Waals surface area (Å²) in [7, 11) is 4.02. The van der Waals surface area contributed by atoms with E-state index in [1.165, 1.54) is 69.1 Å². The standard InChI is InChI=1S/C25H49NO4/c1-5-7-9-11-13-15-17-19-24(27)29-22-23(21-26(3)4)30-25(28)20-18-16-14-12-10-8-6-2/h23H,5-22H2,1-4H3/p+1. The van der Waals surface area contributed by atoms with Crippen molar-refractivity contribution in [2.75, 3.05) is 27.2 Å². The molecule has 0 fully saturated rings. The Bertz CT molecular complexity index is 412. The Morgan fingerprint density at radius 3 is 1.57 bits per heavy atom. The van der Waals surface area contributed by atoms with E-state index >= 15 is 0 Å². The maximum absolute atomic E-state index is 12.2. The lowest BCUT2D eigenvalue weighted by molar-refractivity contribution is -0.861. The average Bonchev–Trinajstić information content (AvgIpc) is 2.70. The van der Waals surface area contributed by atoms with Gasteiger partial charge >= 0.3 is 11.9 Å². The Labute approximate surface area is 186 Å². The molecule has 0 rings (SSSR count). The van der Waals surface area contributed by atoms with Crippen molar-refractivity contribution in [2.24, 2.45) is 0 Å². The molecule has 0 aliphatic rings. The highest BCUT2D eigenvalue weighted by molar-refractivity contribution is 5.70. The first-order valence-corrected chi connectivity index (χ1v) is 12.6. The van der Waals surface area contributed by atoms with E-state index in [0.29, 0.717) is 19.4 Å². The van der Waals surface area contributed by atoms with Crippen LogP contribution in [-0.4, -0.2) is 45.3 Å². The molecule has 0 amide bonds. The maximum atomic E-state index is 12.2. The fourth-order valence-electron chi connectivity index (χ4n) is 3.55. The maximum Gasteiger partial charge on any atom is 0.306 e. The number of carbonyl (C=O) groups excluding carboxylic acids is 2. The molecule has 0 aromatic carbocycles. The van der Waals surface area contributed by atoms with Crippen LogP contribution in [0.3, 0.4) is 0 Å². The molecule has 0 radical (unpaired) electrons. The SMILES string of the molecule is CCCCCCCCCC(=O)OCC(C[NH+](C)C)OC(=O)CCCCCCCCC. The molecule has 5 heteroatoms. The molecule has 0 saturated carbocycles. The fraction of sp³-hybridized carbons (Fsp3) is 0.920. The van der Waals surface area contributed by atoms with Gasteiger partial charge in [-0.15, -0.1) is 0 Å². The number of nitrogens with one attached hydrogen (secondary N) is 1. The summed E-state index contributed by atoms with van der Waals surface area (Å²) in [6, 6.07) is 0. The van der Waals surface area contributed by atoms with E-state index in [-0.39, 0.29) is 24.6 Å². The molecule has 5 nitrogen and oxygen atoms in total. The van der Waals surface area contributed by atoms with Crippen LogP contribution < -0.4 is 4.90 Å². The topological polar surface area (TPSA) is 57.0 Å². The Hall–Kier alpha value is -1.10. The van der Waals surface area contributed by atoms with Crippen LogP contribution in [-0.2, 0) is 19.1 Å². The molecule has 1 N–H and O–H groups in total. The lowest BCUT2D eigenvalue weighted by Gasteiger charge is -2.19. The highest BCUT2D eigenvalue weighted by Crippen LogP contribution is 2.10. The summed E-state index contributed by atoms with van der Waals surface area (Å²) in [5, 5.41) is 0. The number of quaternary nitrogens is 1. The third-order valence-corrected chi connectivity index (χ3v) is 5.33. The van der Waals surface area contributed by atoms with Crippen LogP contribution in [0.25, 0.3) is 0 Å². The quantitative estimate of drug-likeness (QED) is 0.209. The third kappa shape index (κ3) is 20.2. The molecule has 0 bridgehead atoms. The first-order valence-electron chi connectivity index (χ1n) is 12.6. The first-order chi connectivity index (χ1) is 14.5. The minimum atomic E-state index is -0.356. The lowest BCUT2D eigenvalue weighted by Crippen LogP contribution is -3.07. The highest BCUT2D eigenvalue weighted by Gasteiger charge is 2.19. The van der Waals surface area contributed by atoms with E-state index in [1.54, 1.807) is 0 Å². The summed E-state index contributed by atoms with van der Waals surface area (Å²) in [4.78, 5) is 25.3. The highest BCUT2D eigenvalue weighted by atomic mass is 16.6. The van der Waals surface area contributed by atoms with Crippen LogP contribution >= 0.6 is 0 Å². The normalized spacial score (nSPS) is 12.2. The molecule has 1 atom stereocenters. The van der Waals surface area contributed by atoms with E-state index in [0.717, 1.165) is 25.7 Å². The van der Waals surface area contributed by atoms with Crippen molar-refractivity contribution in [3.63, 3.8) is 0 Å². The predicted octanol–water partition coefficient (Wildman–Crippen LogP) is 4.87. The van der Waals surface area contributed by atoms with Crippen LogP contribution in [0.4, 0.5) is 0 Å². The molecule has 0 saturated heterocycles. The number of ether oxygens (including phenoxy) is 2. The molecule has 1 unspecified atom stereocenters. The van der Waals surface area contributed by atoms with Crippen LogP contribution in [0, 0.1) is 0 Å². The second-order valence-corrected chi connectivity index (χ2v) is 8.95. The number of esters is 2. The zero-order valence-corrected chi connectivity index (χ0v) is 20.4. The van der Waals surface area contributed by atoms with Gasteiger partial charge in [-0.25, -0.2) is 0 Å². The second kappa shape index (κ2) is 21.1. The van der Waals surface area contributed by atoms with Crippen molar-refractivity contribution in [3.8, 4) is 0 Å². The molecule has 0 aliphatic carbocycles. The van der Waals surface area contributed by atoms with E-state index in [2.05, 4.69) is 13.8 Å². The number of unbranched alkanes of at least 4 members (excludes halogenated alkanes) is 12. The summed E-state index contributed by atoms with van der Waals surface area (Å²) < 4.78 is 11.0. The third-order valence-electron chi connectivity index (χ3n) is 5.33. The number of hydrogen-bond acceptors (Lipinski definition) is 4. The second-order valence-electron chi connectivity index (χ2n) is 8.95. The van der Waals surface area contributed by atoms with Gasteiger partial charge in [0.15, 0.2) is 6.10 Å². The van der Waals surface area contributed by atoms with Gasteiger partial charge in [-0.1, -0.05) is 90.9 Å². The summed E-state index contributed by atoms with van der Waals surface area (Å²) >= 11 is 0. The van der Waals surface area contributed by atoms with Gasteiger partial charge in [-0.05, 0) is 12.8 Å². The number of likely N-dealkylation sites (N-methyl/N-ethyl adjacent to an activating group) is 1. The molecular formula is C25H50NO4+. The van der Waals surface area contributed by atoms with Gasteiger partial charge in [0.05, 0.1) is 14.1 Å². The van der Waals surface area contributed by atoms with Crippen molar-refractivity contribution >= 4 is 11.9 Å². The van der Waals surface area contributed by atoms with Crippen molar-refractivity contribution in [3.05, 3.63) is 0 Å². The summed E-state index contributed by atoms with van der Waals surface area (Å²) in [5.74, 6) is -0.344. The van der Waals surface area contributed by atoms with E-state index < -0.39 is 0 Å². The van der Waals surface area contributed by atoms with Crippen molar-refractivity contribution in [1.82, 2.24) is 0 Å². The smallest absolute Gasteiger partial charge is 0.306 e. The van der Waals surface area contributed by atoms with Gasteiger partial charge in [0.1, 0.15) is 13.2 Å². The van der Waals surface area contributed by atoms with Gasteiger partial charge in [0, 0.05) is 12.8 Å². The molecular weight excluding hydrogens is 378 g/mol. The Morgan fingerprint density at radius 1 is 0.667 bits per heavy atom. The largest absolute Gasteiger partial charge is 0.461 e. The molecule has 0 heterocycles. The number of rotatable bonds is 21. The Morgan fingerprint density at radius 2 is 1.10 bits per heavy atom. The molecule has 0 spiro atoms. The van der Waals surface area contributed by atoms with Gasteiger partial charge in [-0.2, -0.15) is 0 Å². The van der Waals surface area contributed by atoms with Gasteiger partial charge in [0.25, 0.3) is 0 Å². The average molecular weight is 429 g/mol. The molecule has 0 aromatic heterocycles. The Kier molecular flexibility index (Phi) is 20.4. The first kappa shape index (κ1) is 28.9. The zero-order valence-electron chi connectivity index (χ0n) is 20.4. The molecule has 178 valence electrons. The monoisotopic (exact) mass is 428 g/mol. The number of hydrogen-bond donors (Lipinski definition) is 1. The summed E-state index contributed by atoms with van der Waals surface area (Å²) in [6.07, 6.45) is 17.1. The molecule has 0 aromatic rings. The molecule has 0 aliphatic heterocycles. The number of carbonyl (C=O) groups is 2. The summed E-state index contributed by atoms with van der Waals surface area (Å²) in [6.45, 7) is 5.25. The van der Waals surface area contributed by atoms with E-state index in [9.17, 15) is 9.59 Å².